The number of anilines is 2. The molecule has 0 radical (unpaired) electrons. The second kappa shape index (κ2) is 13.4. The predicted molar refractivity (Wildman–Crippen MR) is 169 cm³/mol. The molecule has 0 fully saturated rings. The zero-order valence-corrected chi connectivity index (χ0v) is 27.1. The number of carboxylic acid groups (broad SMARTS) is 1. The van der Waals surface area contributed by atoms with Gasteiger partial charge in [-0.15, -0.1) is 0 Å². The molecule has 0 bridgehead atoms. The number of aryl methyl sites for hydroxylation is 1. The fourth-order valence-corrected chi connectivity index (χ4v) is 4.28. The third kappa shape index (κ3) is 8.75. The number of amides is 2. The first-order valence-corrected chi connectivity index (χ1v) is 14.5. The van der Waals surface area contributed by atoms with Crippen molar-refractivity contribution in [2.45, 2.75) is 92.6 Å². The Balaban J connectivity index is 2.08. The van der Waals surface area contributed by atoms with Crippen LogP contribution >= 0.6 is 0 Å². The van der Waals surface area contributed by atoms with E-state index in [0.717, 1.165) is 4.90 Å². The second-order valence-electron chi connectivity index (χ2n) is 12.5. The molecule has 0 saturated carbocycles. The highest BCUT2D eigenvalue weighted by Gasteiger charge is 2.35. The molecule has 238 valence electrons. The molecule has 11 heteroatoms. The van der Waals surface area contributed by atoms with E-state index in [1.54, 1.807) is 84.9 Å². The van der Waals surface area contributed by atoms with Crippen molar-refractivity contribution in [3.05, 3.63) is 53.7 Å². The number of rotatable bonds is 9. The molecule has 2 amide bonds. The summed E-state index contributed by atoms with van der Waals surface area (Å²) < 4.78 is 22.6. The highest BCUT2D eigenvalue weighted by molar-refractivity contribution is 6.14. The number of pyridine rings is 1. The SMILES string of the molecule is CCOc1cc(C(Nc2cc3ccnc(N(C(=O)OC(C)(C)C)C(=O)OC(C)(C)C)c3cc2C)C(=O)O)ccc1OC(C)C. The first-order valence-electron chi connectivity index (χ1n) is 14.5. The van der Waals surface area contributed by atoms with Gasteiger partial charge in [-0.2, -0.15) is 4.90 Å². The number of ether oxygens (including phenoxy) is 4. The topological polar surface area (TPSA) is 137 Å². The number of hydrogen-bond donors (Lipinski definition) is 2. The summed E-state index contributed by atoms with van der Waals surface area (Å²) in [5.41, 5.74) is -0.128. The number of carboxylic acids is 1. The van der Waals surface area contributed by atoms with Crippen molar-refractivity contribution in [1.82, 2.24) is 4.98 Å². The largest absolute Gasteiger partial charge is 0.490 e. The van der Waals surface area contributed by atoms with Crippen molar-refractivity contribution in [3.8, 4) is 11.5 Å². The van der Waals surface area contributed by atoms with E-state index in [0.29, 0.717) is 45.7 Å². The Kier molecular flexibility index (Phi) is 10.3. The molecule has 0 saturated heterocycles. The Hall–Kier alpha value is -4.54. The van der Waals surface area contributed by atoms with E-state index < -0.39 is 35.4 Å². The van der Waals surface area contributed by atoms with E-state index in [1.807, 2.05) is 20.8 Å². The monoisotopic (exact) mass is 609 g/mol. The summed E-state index contributed by atoms with van der Waals surface area (Å²) in [7, 11) is 0. The Labute approximate surface area is 258 Å². The number of nitrogens with one attached hydrogen (secondary N) is 1. The van der Waals surface area contributed by atoms with E-state index in [-0.39, 0.29) is 11.9 Å². The standard InChI is InChI=1S/C33H43N3O8/c1-11-41-26-18-22(12-13-25(26)42-19(2)3)27(29(37)38)35-24-17-21-14-15-34-28(23(21)16-20(24)4)36(30(39)43-32(5,6)7)31(40)44-33(8,9)10/h12-19,27,35H,11H2,1-10H3,(H,37,38). The molecule has 1 unspecified atom stereocenters. The molecule has 2 aromatic carbocycles. The molecule has 0 aliphatic rings. The molecule has 3 aromatic rings. The zero-order chi connectivity index (χ0) is 33.0. The van der Waals surface area contributed by atoms with Gasteiger partial charge in [-0.1, -0.05) is 6.07 Å². The first-order chi connectivity index (χ1) is 20.4. The van der Waals surface area contributed by atoms with Crippen LogP contribution in [0.25, 0.3) is 10.8 Å². The quantitative estimate of drug-likeness (QED) is 0.249. The van der Waals surface area contributed by atoms with Gasteiger partial charge >= 0.3 is 18.2 Å². The molecule has 0 aliphatic carbocycles. The van der Waals surface area contributed by atoms with Gasteiger partial charge in [0.25, 0.3) is 0 Å². The van der Waals surface area contributed by atoms with Crippen LogP contribution in [0.1, 0.15) is 79.5 Å². The first kappa shape index (κ1) is 34.0. The van der Waals surface area contributed by atoms with Crippen molar-refractivity contribution in [1.29, 1.82) is 0 Å². The van der Waals surface area contributed by atoms with Crippen molar-refractivity contribution >= 4 is 40.4 Å². The lowest BCUT2D eigenvalue weighted by molar-refractivity contribution is -0.138. The van der Waals surface area contributed by atoms with Gasteiger partial charge in [0.15, 0.2) is 23.4 Å². The summed E-state index contributed by atoms with van der Waals surface area (Å²) in [6.07, 6.45) is -0.510. The van der Waals surface area contributed by atoms with Crippen LogP contribution in [0.15, 0.2) is 42.6 Å². The Morgan fingerprint density at radius 2 is 1.55 bits per heavy atom. The van der Waals surface area contributed by atoms with E-state index in [2.05, 4.69) is 10.3 Å². The lowest BCUT2D eigenvalue weighted by Crippen LogP contribution is -2.44. The third-order valence-corrected chi connectivity index (χ3v) is 5.96. The van der Waals surface area contributed by atoms with Gasteiger partial charge in [-0.3, -0.25) is 0 Å². The van der Waals surface area contributed by atoms with Crippen molar-refractivity contribution in [2.24, 2.45) is 0 Å². The molecule has 3 rings (SSSR count). The molecule has 1 heterocycles. The second-order valence-corrected chi connectivity index (χ2v) is 12.5. The third-order valence-electron chi connectivity index (χ3n) is 5.96. The number of hydrogen-bond acceptors (Lipinski definition) is 9. The lowest BCUT2D eigenvalue weighted by Gasteiger charge is -2.28. The highest BCUT2D eigenvalue weighted by atomic mass is 16.6. The zero-order valence-electron chi connectivity index (χ0n) is 27.1. The van der Waals surface area contributed by atoms with Crippen LogP contribution in [0.5, 0.6) is 11.5 Å². The molecule has 0 spiro atoms. The number of fused-ring (bicyclic) bond motifs is 1. The summed E-state index contributed by atoms with van der Waals surface area (Å²) in [6.45, 7) is 18.0. The maximum absolute atomic E-state index is 13.3. The fraction of sp³-hybridized carbons (Fsp3) is 0.455. The maximum Gasteiger partial charge on any atom is 0.425 e. The number of aliphatic carboxylic acids is 1. The van der Waals surface area contributed by atoms with E-state index >= 15 is 0 Å². The maximum atomic E-state index is 13.3. The van der Waals surface area contributed by atoms with E-state index in [4.69, 9.17) is 18.9 Å². The summed E-state index contributed by atoms with van der Waals surface area (Å²) in [6, 6.07) is 9.09. The lowest BCUT2D eigenvalue weighted by atomic mass is 10.0. The molecule has 1 atom stereocenters. The minimum Gasteiger partial charge on any atom is -0.490 e. The van der Waals surface area contributed by atoms with Gasteiger partial charge in [0, 0.05) is 17.3 Å². The van der Waals surface area contributed by atoms with Gasteiger partial charge in [0.2, 0.25) is 0 Å². The molecule has 44 heavy (non-hydrogen) atoms. The Morgan fingerprint density at radius 1 is 0.932 bits per heavy atom. The Morgan fingerprint density at radius 3 is 2.07 bits per heavy atom. The summed E-state index contributed by atoms with van der Waals surface area (Å²) in [5.74, 6) is -0.100. The van der Waals surface area contributed by atoms with Crippen LogP contribution in [-0.4, -0.2) is 52.2 Å². The number of benzene rings is 2. The molecule has 2 N–H and O–H groups in total. The van der Waals surface area contributed by atoms with Gasteiger partial charge in [-0.05, 0) is 116 Å². The van der Waals surface area contributed by atoms with Gasteiger partial charge in [-0.25, -0.2) is 19.4 Å². The van der Waals surface area contributed by atoms with Gasteiger partial charge in [0.1, 0.15) is 11.2 Å². The summed E-state index contributed by atoms with van der Waals surface area (Å²) >= 11 is 0. The molecular formula is C33H43N3O8. The average Bonchev–Trinajstić information content (AvgIpc) is 2.86. The van der Waals surface area contributed by atoms with Crippen LogP contribution in [0.3, 0.4) is 0 Å². The Bertz CT molecular complexity index is 1490. The normalized spacial score (nSPS) is 12.4. The van der Waals surface area contributed by atoms with E-state index in [1.165, 1.54) is 6.20 Å². The summed E-state index contributed by atoms with van der Waals surface area (Å²) in [4.78, 5) is 44.2. The smallest absolute Gasteiger partial charge is 0.425 e. The minimum absolute atomic E-state index is 0.0255. The molecule has 0 aliphatic heterocycles. The van der Waals surface area contributed by atoms with E-state index in [9.17, 15) is 19.5 Å². The number of nitrogens with zero attached hydrogens (tertiary/aromatic N) is 2. The minimum atomic E-state index is -1.13. The van der Waals surface area contributed by atoms with Crippen LogP contribution in [0, 0.1) is 6.92 Å². The highest BCUT2D eigenvalue weighted by Crippen LogP contribution is 2.35. The van der Waals surface area contributed by atoms with Crippen LogP contribution < -0.4 is 19.7 Å². The number of aromatic nitrogens is 1. The number of imide groups is 1. The summed E-state index contributed by atoms with van der Waals surface area (Å²) in [5, 5.41) is 14.4. The number of carbonyl (C=O) groups excluding carboxylic acids is 2. The van der Waals surface area contributed by atoms with Gasteiger partial charge in [0.05, 0.1) is 12.7 Å². The average molecular weight is 610 g/mol. The van der Waals surface area contributed by atoms with Crippen LogP contribution in [0.4, 0.5) is 21.1 Å². The fourth-order valence-electron chi connectivity index (χ4n) is 4.28. The molecular weight excluding hydrogens is 566 g/mol. The molecule has 11 nitrogen and oxygen atoms in total. The number of carbonyl (C=O) groups is 3. The molecule has 1 aromatic heterocycles. The van der Waals surface area contributed by atoms with Crippen LogP contribution in [0.2, 0.25) is 0 Å². The van der Waals surface area contributed by atoms with Crippen molar-refractivity contribution in [2.75, 3.05) is 16.8 Å². The van der Waals surface area contributed by atoms with Crippen LogP contribution in [-0.2, 0) is 14.3 Å². The van der Waals surface area contributed by atoms with Crippen molar-refractivity contribution < 1.29 is 38.4 Å². The predicted octanol–water partition coefficient (Wildman–Crippen LogP) is 7.64. The van der Waals surface area contributed by atoms with Gasteiger partial charge < -0.3 is 29.4 Å². The van der Waals surface area contributed by atoms with Crippen molar-refractivity contribution in [3.63, 3.8) is 0 Å².